The van der Waals surface area contributed by atoms with E-state index in [1.54, 1.807) is 12.3 Å². The van der Waals surface area contributed by atoms with Gasteiger partial charge in [-0.3, -0.25) is 4.79 Å². The Labute approximate surface area is 142 Å². The molecule has 5 heteroatoms. The summed E-state index contributed by atoms with van der Waals surface area (Å²) in [6.45, 7) is 0.633. The third kappa shape index (κ3) is 4.78. The number of nitrogens with one attached hydrogen (secondary N) is 2. The minimum atomic E-state index is -0.105. The van der Waals surface area contributed by atoms with Crippen LogP contribution in [0.5, 0.6) is 0 Å². The Morgan fingerprint density at radius 2 is 1.79 bits per heavy atom. The van der Waals surface area contributed by atoms with Gasteiger partial charge >= 0.3 is 0 Å². The maximum Gasteiger partial charge on any atom is 0.270 e. The van der Waals surface area contributed by atoms with Crippen molar-refractivity contribution in [2.75, 3.05) is 5.32 Å². The van der Waals surface area contributed by atoms with Crippen molar-refractivity contribution in [2.24, 2.45) is 0 Å². The summed E-state index contributed by atoms with van der Waals surface area (Å²) >= 11 is 0. The number of benzene rings is 1. The van der Waals surface area contributed by atoms with Crippen LogP contribution >= 0.6 is 0 Å². The molecule has 3 rings (SSSR count). The van der Waals surface area contributed by atoms with Crippen LogP contribution in [0.1, 0.15) is 54.6 Å². The van der Waals surface area contributed by atoms with E-state index in [0.717, 1.165) is 18.4 Å². The molecule has 0 aliphatic heterocycles. The predicted molar refractivity (Wildman–Crippen MR) is 94.8 cm³/mol. The summed E-state index contributed by atoms with van der Waals surface area (Å²) < 4.78 is 0. The first-order valence-electron chi connectivity index (χ1n) is 8.73. The molecular formula is C19H24N4O. The number of aromatic nitrogens is 2. The maximum atomic E-state index is 12.4. The Hall–Kier alpha value is -2.43. The van der Waals surface area contributed by atoms with Crippen LogP contribution in [0.4, 0.5) is 5.95 Å². The van der Waals surface area contributed by atoms with Crippen molar-refractivity contribution in [2.45, 2.75) is 51.1 Å². The summed E-state index contributed by atoms with van der Waals surface area (Å²) in [6, 6.07) is 12.0. The number of hydrogen-bond acceptors (Lipinski definition) is 4. The smallest absolute Gasteiger partial charge is 0.270 e. The number of carbonyl (C=O) groups excluding carboxylic acids is 1. The zero-order valence-corrected chi connectivity index (χ0v) is 13.9. The van der Waals surface area contributed by atoms with Crippen LogP contribution in [0, 0.1) is 0 Å². The first kappa shape index (κ1) is 16.4. The average Bonchev–Trinajstić information content (AvgIpc) is 2.90. The lowest BCUT2D eigenvalue weighted by Gasteiger charge is -2.16. The fraction of sp³-hybridized carbons (Fsp3) is 0.421. The van der Waals surface area contributed by atoms with Gasteiger partial charge in [0.2, 0.25) is 5.95 Å². The summed E-state index contributed by atoms with van der Waals surface area (Å²) in [5.74, 6) is 0.374. The van der Waals surface area contributed by atoms with Gasteiger partial charge in [-0.25, -0.2) is 9.97 Å². The number of rotatable bonds is 5. The molecule has 2 aromatic rings. The second-order valence-electron chi connectivity index (χ2n) is 6.27. The molecule has 1 amide bonds. The second kappa shape index (κ2) is 8.43. The molecule has 0 bridgehead atoms. The molecule has 1 aliphatic rings. The van der Waals surface area contributed by atoms with Gasteiger partial charge < -0.3 is 10.6 Å². The third-order valence-electron chi connectivity index (χ3n) is 4.37. The molecule has 1 aromatic carbocycles. The quantitative estimate of drug-likeness (QED) is 0.826. The molecule has 0 spiro atoms. The lowest BCUT2D eigenvalue weighted by molar-refractivity contribution is 0.0928. The minimum absolute atomic E-state index is 0.105. The topological polar surface area (TPSA) is 66.9 Å². The summed E-state index contributed by atoms with van der Waals surface area (Å²) in [5.41, 5.74) is 1.57. The van der Waals surface area contributed by atoms with Gasteiger partial charge in [-0.1, -0.05) is 56.0 Å². The van der Waals surface area contributed by atoms with Gasteiger partial charge in [0, 0.05) is 18.8 Å². The molecule has 1 aromatic heterocycles. The lowest BCUT2D eigenvalue weighted by atomic mass is 10.1. The van der Waals surface area contributed by atoms with Crippen LogP contribution in [0.3, 0.4) is 0 Å². The number of carbonyl (C=O) groups is 1. The zero-order chi connectivity index (χ0) is 16.6. The zero-order valence-electron chi connectivity index (χ0n) is 13.9. The van der Waals surface area contributed by atoms with Crippen molar-refractivity contribution < 1.29 is 4.79 Å². The van der Waals surface area contributed by atoms with Crippen LogP contribution in [0.25, 0.3) is 0 Å². The monoisotopic (exact) mass is 324 g/mol. The Morgan fingerprint density at radius 3 is 2.54 bits per heavy atom. The minimum Gasteiger partial charge on any atom is -0.350 e. The first-order chi connectivity index (χ1) is 11.8. The summed E-state index contributed by atoms with van der Waals surface area (Å²) in [4.78, 5) is 21.0. The Kier molecular flexibility index (Phi) is 5.77. The molecule has 0 unspecified atom stereocenters. The van der Waals surface area contributed by atoms with E-state index in [2.05, 4.69) is 20.6 Å². The Morgan fingerprint density at radius 1 is 1.04 bits per heavy atom. The highest BCUT2D eigenvalue weighted by atomic mass is 16.1. The summed E-state index contributed by atoms with van der Waals surface area (Å²) in [6.07, 6.45) is 8.69. The van der Waals surface area contributed by atoms with E-state index in [1.165, 1.54) is 25.7 Å². The second-order valence-corrected chi connectivity index (χ2v) is 6.27. The maximum absolute atomic E-state index is 12.4. The van der Waals surface area contributed by atoms with Crippen molar-refractivity contribution >= 4 is 11.9 Å². The van der Waals surface area contributed by atoms with Gasteiger partial charge in [-0.05, 0) is 24.5 Å². The van der Waals surface area contributed by atoms with E-state index in [9.17, 15) is 4.79 Å². The highest BCUT2D eigenvalue weighted by Crippen LogP contribution is 2.17. The summed E-state index contributed by atoms with van der Waals surface area (Å²) in [5, 5.41) is 6.29. The fourth-order valence-corrected chi connectivity index (χ4v) is 3.03. The van der Waals surface area contributed by atoms with Crippen molar-refractivity contribution in [3.05, 3.63) is 53.9 Å². The first-order valence-corrected chi connectivity index (χ1v) is 8.73. The van der Waals surface area contributed by atoms with E-state index >= 15 is 0 Å². The highest BCUT2D eigenvalue weighted by Gasteiger charge is 2.16. The molecule has 1 fully saturated rings. The normalized spacial score (nSPS) is 15.5. The number of anilines is 1. The molecule has 1 saturated carbocycles. The van der Waals surface area contributed by atoms with Gasteiger partial charge in [0.1, 0.15) is 5.69 Å². The molecule has 0 saturated heterocycles. The molecule has 5 nitrogen and oxygen atoms in total. The Balaban J connectivity index is 1.58. The van der Waals surface area contributed by atoms with Gasteiger partial charge in [0.05, 0.1) is 0 Å². The van der Waals surface area contributed by atoms with Crippen LogP contribution in [0.2, 0.25) is 0 Å². The van der Waals surface area contributed by atoms with E-state index in [-0.39, 0.29) is 11.9 Å². The molecule has 1 aliphatic carbocycles. The number of amides is 1. The molecular weight excluding hydrogens is 300 g/mol. The van der Waals surface area contributed by atoms with Crippen molar-refractivity contribution in [1.29, 1.82) is 0 Å². The molecule has 2 N–H and O–H groups in total. The average molecular weight is 324 g/mol. The van der Waals surface area contributed by atoms with Gasteiger partial charge in [-0.2, -0.15) is 0 Å². The molecule has 0 atom stereocenters. The van der Waals surface area contributed by atoms with E-state index in [1.807, 2.05) is 30.3 Å². The van der Waals surface area contributed by atoms with E-state index < -0.39 is 0 Å². The lowest BCUT2D eigenvalue weighted by Crippen LogP contribution is -2.35. The van der Waals surface area contributed by atoms with Crippen molar-refractivity contribution in [3.63, 3.8) is 0 Å². The summed E-state index contributed by atoms with van der Waals surface area (Å²) in [7, 11) is 0. The SMILES string of the molecule is O=C(NC1CCCCCC1)c1ccnc(NCc2ccccc2)n1. The van der Waals surface area contributed by atoms with Gasteiger partial charge in [-0.15, -0.1) is 0 Å². The van der Waals surface area contributed by atoms with E-state index in [4.69, 9.17) is 0 Å². The molecule has 1 heterocycles. The highest BCUT2D eigenvalue weighted by molar-refractivity contribution is 5.92. The molecule has 126 valence electrons. The Bertz CT molecular complexity index is 651. The predicted octanol–water partition coefficient (Wildman–Crippen LogP) is 3.54. The third-order valence-corrected chi connectivity index (χ3v) is 4.37. The standard InChI is InChI=1S/C19H24N4O/c24-18(22-16-10-6-1-2-7-11-16)17-12-13-20-19(23-17)21-14-15-8-4-3-5-9-15/h3-5,8-9,12-13,16H,1-2,6-7,10-11,14H2,(H,22,24)(H,20,21,23). The number of hydrogen-bond donors (Lipinski definition) is 2. The van der Waals surface area contributed by atoms with Crippen LogP contribution in [0.15, 0.2) is 42.6 Å². The molecule has 24 heavy (non-hydrogen) atoms. The van der Waals surface area contributed by atoms with Crippen LogP contribution in [-0.2, 0) is 6.54 Å². The van der Waals surface area contributed by atoms with Crippen LogP contribution in [-0.4, -0.2) is 21.9 Å². The fourth-order valence-electron chi connectivity index (χ4n) is 3.03. The van der Waals surface area contributed by atoms with Crippen LogP contribution < -0.4 is 10.6 Å². The van der Waals surface area contributed by atoms with E-state index in [0.29, 0.717) is 18.2 Å². The number of nitrogens with zero attached hydrogens (tertiary/aromatic N) is 2. The van der Waals surface area contributed by atoms with Crippen molar-refractivity contribution in [3.8, 4) is 0 Å². The molecule has 0 radical (unpaired) electrons. The van der Waals surface area contributed by atoms with Crippen molar-refractivity contribution in [1.82, 2.24) is 15.3 Å². The van der Waals surface area contributed by atoms with Gasteiger partial charge in [0.25, 0.3) is 5.91 Å². The van der Waals surface area contributed by atoms with Gasteiger partial charge in [0.15, 0.2) is 0 Å². The largest absolute Gasteiger partial charge is 0.350 e.